The first-order chi connectivity index (χ1) is 10.0. The van der Waals surface area contributed by atoms with Crippen molar-refractivity contribution in [3.05, 3.63) is 23.8 Å². The molecule has 21 heavy (non-hydrogen) atoms. The normalized spacial score (nSPS) is 18.8. The summed E-state index contributed by atoms with van der Waals surface area (Å²) >= 11 is 0. The highest BCUT2D eigenvalue weighted by Crippen LogP contribution is 2.56. The van der Waals surface area contributed by atoms with Crippen molar-refractivity contribution in [2.45, 2.75) is 37.8 Å². The number of ether oxygens (including phenoxy) is 2. The molecule has 0 aliphatic heterocycles. The Balaban J connectivity index is 2.41. The van der Waals surface area contributed by atoms with E-state index in [2.05, 4.69) is 0 Å². The van der Waals surface area contributed by atoms with E-state index in [0.717, 1.165) is 25.7 Å². The molecule has 1 saturated carbocycles. The van der Waals surface area contributed by atoms with Crippen LogP contribution in [0.25, 0.3) is 0 Å². The van der Waals surface area contributed by atoms with E-state index in [1.165, 1.54) is 20.6 Å². The molecule has 2 rings (SSSR count). The zero-order valence-electron chi connectivity index (χ0n) is 12.9. The maximum Gasteiger partial charge on any atom is 0.228 e. The van der Waals surface area contributed by atoms with E-state index in [4.69, 9.17) is 9.47 Å². The molecule has 1 aromatic carbocycles. The lowest BCUT2D eigenvalue weighted by atomic mass is 10.0. The molecule has 1 atom stereocenters. The summed E-state index contributed by atoms with van der Waals surface area (Å²) in [7, 11) is 0.0534. The Bertz CT molecular complexity index is 539. The molecule has 0 saturated heterocycles. The summed E-state index contributed by atoms with van der Waals surface area (Å²) in [5.41, 5.74) is -0.00373. The van der Waals surface area contributed by atoms with Crippen molar-refractivity contribution in [2.75, 3.05) is 20.9 Å². The first-order valence-electron chi connectivity index (χ1n) is 7.35. The van der Waals surface area contributed by atoms with Crippen LogP contribution < -0.4 is 9.47 Å². The molecule has 1 unspecified atom stereocenters. The molecule has 4 nitrogen and oxygen atoms in total. The molecule has 0 amide bonds. The molecule has 1 aliphatic rings. The van der Waals surface area contributed by atoms with Crippen molar-refractivity contribution in [3.63, 3.8) is 0 Å². The van der Waals surface area contributed by atoms with Gasteiger partial charge in [-0.2, -0.15) is 0 Å². The van der Waals surface area contributed by atoms with Crippen molar-refractivity contribution in [1.82, 2.24) is 0 Å². The summed E-state index contributed by atoms with van der Waals surface area (Å²) in [5, 5.41) is 0. The zero-order valence-corrected chi connectivity index (χ0v) is 13.8. The van der Waals surface area contributed by atoms with Gasteiger partial charge in [0.15, 0.2) is 7.14 Å². The maximum atomic E-state index is 13.1. The van der Waals surface area contributed by atoms with Crippen LogP contribution in [-0.4, -0.2) is 32.1 Å². The van der Waals surface area contributed by atoms with Gasteiger partial charge in [-0.1, -0.05) is 25.3 Å². The summed E-state index contributed by atoms with van der Waals surface area (Å²) < 4.78 is 23.7. The largest absolute Gasteiger partial charge is 0.496 e. The van der Waals surface area contributed by atoms with Crippen molar-refractivity contribution >= 4 is 12.7 Å². The van der Waals surface area contributed by atoms with E-state index >= 15 is 0 Å². The van der Waals surface area contributed by atoms with Gasteiger partial charge in [0.05, 0.1) is 14.2 Å². The fourth-order valence-corrected chi connectivity index (χ4v) is 5.37. The van der Waals surface area contributed by atoms with Crippen LogP contribution in [0, 0.1) is 0 Å². The van der Waals surface area contributed by atoms with E-state index in [9.17, 15) is 9.36 Å². The molecule has 5 heteroatoms. The van der Waals surface area contributed by atoms with Crippen LogP contribution >= 0.6 is 7.14 Å². The lowest BCUT2D eigenvalue weighted by Gasteiger charge is -2.27. The Morgan fingerprint density at radius 1 is 1.10 bits per heavy atom. The Hall–Kier alpha value is -1.28. The predicted octanol–water partition coefficient (Wildman–Crippen LogP) is 4.17. The average molecular weight is 310 g/mol. The smallest absolute Gasteiger partial charge is 0.228 e. The summed E-state index contributed by atoms with van der Waals surface area (Å²) in [5.74, 6) is 0.856. The third-order valence-electron chi connectivity index (χ3n) is 4.32. The minimum absolute atomic E-state index is 0.00614. The second-order valence-corrected chi connectivity index (χ2v) is 8.74. The molecule has 1 aliphatic carbocycles. The van der Waals surface area contributed by atoms with Crippen molar-refractivity contribution in [1.29, 1.82) is 0 Å². The molecule has 1 fully saturated rings. The second kappa shape index (κ2) is 6.65. The molecule has 0 heterocycles. The van der Waals surface area contributed by atoms with Crippen LogP contribution in [-0.2, 0) is 4.57 Å². The SMILES string of the molecule is COc1cccc(OC)c1C(=O)P(C)(=O)C1CCCCC1. The van der Waals surface area contributed by atoms with Gasteiger partial charge in [-0.3, -0.25) is 4.79 Å². The Kier molecular flexibility index (Phi) is 5.10. The molecule has 0 radical (unpaired) electrons. The maximum absolute atomic E-state index is 13.1. The Morgan fingerprint density at radius 3 is 2.10 bits per heavy atom. The third kappa shape index (κ3) is 3.16. The van der Waals surface area contributed by atoms with E-state index in [1.54, 1.807) is 24.9 Å². The van der Waals surface area contributed by atoms with Gasteiger partial charge in [0.25, 0.3) is 0 Å². The quantitative estimate of drug-likeness (QED) is 0.766. The molecule has 0 spiro atoms. The van der Waals surface area contributed by atoms with Gasteiger partial charge in [0, 0.05) is 5.66 Å². The number of hydrogen-bond acceptors (Lipinski definition) is 4. The van der Waals surface area contributed by atoms with Gasteiger partial charge < -0.3 is 14.0 Å². The fourth-order valence-electron chi connectivity index (χ4n) is 3.02. The van der Waals surface area contributed by atoms with Crippen LogP contribution in [0.4, 0.5) is 0 Å². The highest BCUT2D eigenvalue weighted by molar-refractivity contribution is 7.81. The molecular weight excluding hydrogens is 287 g/mol. The minimum atomic E-state index is -2.96. The number of carbonyl (C=O) groups is 1. The summed E-state index contributed by atoms with van der Waals surface area (Å²) in [6.45, 7) is 1.62. The Morgan fingerprint density at radius 2 is 1.62 bits per heavy atom. The van der Waals surface area contributed by atoms with Gasteiger partial charge in [-0.05, 0) is 31.6 Å². The van der Waals surface area contributed by atoms with Crippen LogP contribution in [0.15, 0.2) is 18.2 Å². The molecule has 1 aromatic rings. The number of benzene rings is 1. The van der Waals surface area contributed by atoms with Crippen LogP contribution in [0.3, 0.4) is 0 Å². The van der Waals surface area contributed by atoms with Crippen molar-refractivity contribution in [3.8, 4) is 11.5 Å². The molecule has 0 N–H and O–H groups in total. The van der Waals surface area contributed by atoms with Gasteiger partial charge >= 0.3 is 0 Å². The summed E-state index contributed by atoms with van der Waals surface area (Å²) in [4.78, 5) is 12.9. The zero-order chi connectivity index (χ0) is 15.5. The Labute approximate surface area is 126 Å². The van der Waals surface area contributed by atoms with Gasteiger partial charge in [-0.25, -0.2) is 0 Å². The van der Waals surface area contributed by atoms with Gasteiger partial charge in [0.2, 0.25) is 5.52 Å². The average Bonchev–Trinajstić information content (AvgIpc) is 2.54. The van der Waals surface area contributed by atoms with Crippen molar-refractivity contribution < 1.29 is 18.8 Å². The van der Waals surface area contributed by atoms with Gasteiger partial charge in [0.1, 0.15) is 17.1 Å². The lowest BCUT2D eigenvalue weighted by molar-refractivity contribution is 0.106. The van der Waals surface area contributed by atoms with Crippen molar-refractivity contribution in [2.24, 2.45) is 0 Å². The van der Waals surface area contributed by atoms with Crippen LogP contribution in [0.5, 0.6) is 11.5 Å². The molecule has 0 bridgehead atoms. The first kappa shape index (κ1) is 16.1. The molecular formula is C16H23O4P. The molecule has 116 valence electrons. The predicted molar refractivity (Wildman–Crippen MR) is 84.3 cm³/mol. The summed E-state index contributed by atoms with van der Waals surface area (Å²) in [6.07, 6.45) is 5.02. The van der Waals surface area contributed by atoms with E-state index < -0.39 is 7.14 Å². The van der Waals surface area contributed by atoms with E-state index in [-0.39, 0.29) is 11.2 Å². The monoisotopic (exact) mass is 310 g/mol. The highest BCUT2D eigenvalue weighted by atomic mass is 31.2. The third-order valence-corrected chi connectivity index (χ3v) is 7.26. The number of hydrogen-bond donors (Lipinski definition) is 0. The van der Waals surface area contributed by atoms with E-state index in [1.807, 2.05) is 0 Å². The topological polar surface area (TPSA) is 52.6 Å². The standard InChI is InChI=1S/C16H23O4P/c1-19-13-10-7-11-14(20-2)15(13)16(17)21(3,18)12-8-5-4-6-9-12/h7,10-12H,4-6,8-9H2,1-3H3. The molecule has 0 aromatic heterocycles. The number of methoxy groups -OCH3 is 2. The summed E-state index contributed by atoms with van der Waals surface area (Å²) in [6, 6.07) is 5.17. The first-order valence-corrected chi connectivity index (χ1v) is 9.57. The fraction of sp³-hybridized carbons (Fsp3) is 0.562. The van der Waals surface area contributed by atoms with Gasteiger partial charge in [-0.15, -0.1) is 0 Å². The number of rotatable bonds is 5. The number of carbonyl (C=O) groups excluding carboxylic acids is 1. The van der Waals surface area contributed by atoms with Crippen LogP contribution in [0.2, 0.25) is 0 Å². The highest BCUT2D eigenvalue weighted by Gasteiger charge is 2.39. The second-order valence-electron chi connectivity index (χ2n) is 5.62. The van der Waals surface area contributed by atoms with Crippen LogP contribution in [0.1, 0.15) is 42.5 Å². The lowest BCUT2D eigenvalue weighted by Crippen LogP contribution is -2.18. The van der Waals surface area contributed by atoms with E-state index in [0.29, 0.717) is 17.1 Å². The minimum Gasteiger partial charge on any atom is -0.496 e.